The summed E-state index contributed by atoms with van der Waals surface area (Å²) >= 11 is 5.02. The molecule has 0 aliphatic carbocycles. The predicted octanol–water partition coefficient (Wildman–Crippen LogP) is -2.03. The highest BCUT2D eigenvalue weighted by atomic mass is 32.2. The number of thioether (sulfide) groups is 3. The first-order valence-corrected chi connectivity index (χ1v) is 20.5. The maximum Gasteiger partial charge on any atom is 0.323 e. The number of hydrogen-bond acceptors (Lipinski definition) is 17. The van der Waals surface area contributed by atoms with E-state index in [1.165, 1.54) is 0 Å². The average Bonchev–Trinajstić information content (AvgIpc) is 3.86. The van der Waals surface area contributed by atoms with Crippen molar-refractivity contribution in [3.63, 3.8) is 0 Å². The molecular weight excluding hydrogens is 765 g/mol. The van der Waals surface area contributed by atoms with Gasteiger partial charge in [0.2, 0.25) is 0 Å². The van der Waals surface area contributed by atoms with Gasteiger partial charge in [-0.3, -0.25) is 39.4 Å². The Hall–Kier alpha value is -2.45. The number of ether oxygens (including phenoxy) is 2. The summed E-state index contributed by atoms with van der Waals surface area (Å²) in [6.07, 6.45) is 4.03. The molecule has 6 saturated heterocycles. The van der Waals surface area contributed by atoms with Gasteiger partial charge in [-0.2, -0.15) is 23.5 Å². The highest BCUT2D eigenvalue weighted by Crippen LogP contribution is 2.10. The van der Waals surface area contributed by atoms with E-state index in [9.17, 15) is 28.8 Å². The maximum absolute atomic E-state index is 10.4. The lowest BCUT2D eigenvalue weighted by molar-refractivity contribution is -0.143. The first kappa shape index (κ1) is 48.6. The fraction of sp³-hybridized carbons (Fsp3) is 0.800. The standard InChI is InChI=1S/C6H11NO2S.C6H11NO2.C5H9NO3.C5H9NO2S.C4H7NO3.C4H7NO2S/c8-6(9)5-4-10-3-1-2-7-5;8-6(9)5-3-1-2-4-7-5;2*7-5(8)4-3-9-2-1-6-4;2*6-4(7)3-1-8-2-5-3/h5,7H,1-4H2,(H,8,9);5,7H,1-4H2,(H,8,9);2*4,6H,1-3H2,(H,7,8);2*3,5H,1-2H2,(H,6,7)/t2*5-;2*4-;2*3-/m000000/s1. The van der Waals surface area contributed by atoms with E-state index in [0.717, 1.165) is 62.7 Å². The van der Waals surface area contributed by atoms with Crippen molar-refractivity contribution in [3.05, 3.63) is 0 Å². The van der Waals surface area contributed by atoms with E-state index in [0.29, 0.717) is 37.1 Å². The Bertz CT molecular complexity index is 986. The van der Waals surface area contributed by atoms with Crippen LogP contribution < -0.4 is 31.9 Å². The van der Waals surface area contributed by atoms with E-state index in [4.69, 9.17) is 40.1 Å². The second-order valence-electron chi connectivity index (χ2n) is 11.7. The van der Waals surface area contributed by atoms with Crippen LogP contribution in [0.2, 0.25) is 0 Å². The molecule has 6 rings (SSSR count). The lowest BCUT2D eigenvalue weighted by Gasteiger charge is -2.19. The molecule has 6 aliphatic heterocycles. The summed E-state index contributed by atoms with van der Waals surface area (Å²) < 4.78 is 9.63. The second kappa shape index (κ2) is 29.9. The maximum atomic E-state index is 10.4. The number of piperidine rings is 1. The van der Waals surface area contributed by atoms with Crippen molar-refractivity contribution in [1.82, 2.24) is 31.9 Å². The van der Waals surface area contributed by atoms with Crippen molar-refractivity contribution in [2.75, 3.05) is 87.4 Å². The normalized spacial score (nSPS) is 27.8. The van der Waals surface area contributed by atoms with Crippen LogP contribution in [0.15, 0.2) is 0 Å². The molecule has 306 valence electrons. The third kappa shape index (κ3) is 23.8. The molecule has 6 atom stereocenters. The molecule has 0 saturated carbocycles. The quantitative estimate of drug-likeness (QED) is 0.137. The molecule has 0 unspecified atom stereocenters. The van der Waals surface area contributed by atoms with Gasteiger partial charge in [0.25, 0.3) is 0 Å². The van der Waals surface area contributed by atoms with Crippen LogP contribution in [-0.4, -0.2) is 190 Å². The number of carboxylic acid groups (broad SMARTS) is 6. The summed E-state index contributed by atoms with van der Waals surface area (Å²) in [6, 6.07) is -2.22. The zero-order valence-electron chi connectivity index (χ0n) is 29.4. The van der Waals surface area contributed by atoms with Gasteiger partial charge >= 0.3 is 35.8 Å². The lowest BCUT2D eigenvalue weighted by Crippen LogP contribution is -2.46. The molecule has 23 heteroatoms. The van der Waals surface area contributed by atoms with Crippen LogP contribution in [0, 0.1) is 0 Å². The van der Waals surface area contributed by atoms with Crippen molar-refractivity contribution in [2.24, 2.45) is 0 Å². The highest BCUT2D eigenvalue weighted by Gasteiger charge is 2.23. The molecule has 0 aromatic carbocycles. The molecular formula is C30H54N6O14S3. The Morgan fingerprint density at radius 1 is 0.453 bits per heavy atom. The number of hydrogen-bond donors (Lipinski definition) is 12. The molecule has 0 aromatic rings. The summed E-state index contributed by atoms with van der Waals surface area (Å²) in [4.78, 5) is 61.4. The van der Waals surface area contributed by atoms with Crippen LogP contribution in [0.4, 0.5) is 0 Å². The van der Waals surface area contributed by atoms with Crippen LogP contribution in [0.3, 0.4) is 0 Å². The van der Waals surface area contributed by atoms with Gasteiger partial charge in [0.05, 0.1) is 26.6 Å². The molecule has 53 heavy (non-hydrogen) atoms. The molecule has 0 aromatic heterocycles. The van der Waals surface area contributed by atoms with Crippen molar-refractivity contribution < 1.29 is 68.9 Å². The predicted molar refractivity (Wildman–Crippen MR) is 199 cm³/mol. The summed E-state index contributed by atoms with van der Waals surface area (Å²) in [6.45, 7) is 4.70. The summed E-state index contributed by atoms with van der Waals surface area (Å²) in [5.41, 5.74) is 0. The fourth-order valence-corrected chi connectivity index (χ4v) is 7.36. The van der Waals surface area contributed by atoms with Gasteiger partial charge in [-0.1, -0.05) is 6.42 Å². The van der Waals surface area contributed by atoms with Crippen LogP contribution in [0.5, 0.6) is 0 Å². The topological polar surface area (TPSA) is 314 Å². The number of rotatable bonds is 6. The molecule has 20 nitrogen and oxygen atoms in total. The van der Waals surface area contributed by atoms with E-state index in [2.05, 4.69) is 31.9 Å². The molecule has 0 amide bonds. The van der Waals surface area contributed by atoms with Gasteiger partial charge in [0.1, 0.15) is 36.3 Å². The number of carboxylic acids is 6. The van der Waals surface area contributed by atoms with Crippen molar-refractivity contribution in [3.8, 4) is 0 Å². The Kier molecular flexibility index (Phi) is 27.4. The molecule has 12 N–H and O–H groups in total. The van der Waals surface area contributed by atoms with E-state index >= 15 is 0 Å². The minimum Gasteiger partial charge on any atom is -0.480 e. The fourth-order valence-electron chi connectivity index (χ4n) is 4.49. The van der Waals surface area contributed by atoms with Crippen LogP contribution in [0.1, 0.15) is 25.7 Å². The smallest absolute Gasteiger partial charge is 0.323 e. The van der Waals surface area contributed by atoms with E-state index in [1.807, 2.05) is 0 Å². The Morgan fingerprint density at radius 3 is 1.30 bits per heavy atom. The zero-order valence-corrected chi connectivity index (χ0v) is 31.8. The minimum atomic E-state index is -0.845. The minimum absolute atomic E-state index is 0.279. The van der Waals surface area contributed by atoms with Gasteiger partial charge in [-0.15, -0.1) is 11.8 Å². The largest absolute Gasteiger partial charge is 0.480 e. The Labute approximate surface area is 320 Å². The average molecular weight is 819 g/mol. The molecule has 0 radical (unpaired) electrons. The second-order valence-corrected chi connectivity index (χ2v) is 15.0. The third-order valence-electron chi connectivity index (χ3n) is 7.52. The van der Waals surface area contributed by atoms with Gasteiger partial charge in [0, 0.05) is 42.0 Å². The first-order valence-electron chi connectivity index (χ1n) is 17.0. The lowest BCUT2D eigenvalue weighted by atomic mass is 10.1. The van der Waals surface area contributed by atoms with E-state index in [1.54, 1.807) is 35.3 Å². The van der Waals surface area contributed by atoms with Crippen LogP contribution >= 0.6 is 35.3 Å². The van der Waals surface area contributed by atoms with Gasteiger partial charge in [-0.25, -0.2) is 0 Å². The molecule has 0 spiro atoms. The van der Waals surface area contributed by atoms with E-state index < -0.39 is 47.9 Å². The molecule has 6 aliphatic rings. The number of carbonyl (C=O) groups is 6. The Balaban J connectivity index is 0.000000318. The molecule has 0 bridgehead atoms. The van der Waals surface area contributed by atoms with Crippen molar-refractivity contribution >= 4 is 71.1 Å². The summed E-state index contributed by atoms with van der Waals surface area (Å²) in [5.74, 6) is 0.399. The number of morpholine rings is 1. The zero-order chi connectivity index (χ0) is 39.4. The first-order chi connectivity index (χ1) is 25.3. The number of nitrogens with one attached hydrogen (secondary N) is 6. The third-order valence-corrected chi connectivity index (χ3v) is 10.7. The monoisotopic (exact) mass is 818 g/mol. The van der Waals surface area contributed by atoms with Gasteiger partial charge in [0.15, 0.2) is 0 Å². The Morgan fingerprint density at radius 2 is 0.925 bits per heavy atom. The van der Waals surface area contributed by atoms with E-state index in [-0.39, 0.29) is 37.4 Å². The van der Waals surface area contributed by atoms with Gasteiger partial charge in [-0.05, 0) is 38.1 Å². The number of aliphatic carboxylic acids is 6. The summed E-state index contributed by atoms with van der Waals surface area (Å²) in [5, 5.41) is 67.6. The van der Waals surface area contributed by atoms with Gasteiger partial charge < -0.3 is 61.4 Å². The highest BCUT2D eigenvalue weighted by molar-refractivity contribution is 7.99. The van der Waals surface area contributed by atoms with Crippen molar-refractivity contribution in [2.45, 2.75) is 61.9 Å². The SMILES string of the molecule is O=C(O)[C@@H]1CCCCN1.O=C(O)[C@@H]1COCCN1.O=C(O)[C@@H]1COCN1.O=C(O)[C@@H]1CSCCCN1.O=C(O)[C@@H]1CSCCN1.O=C(O)[C@@H]1CSCN1. The van der Waals surface area contributed by atoms with Crippen LogP contribution in [-0.2, 0) is 38.2 Å². The molecule has 6 fully saturated rings. The summed E-state index contributed by atoms with van der Waals surface area (Å²) in [7, 11) is 0. The molecule has 6 heterocycles. The van der Waals surface area contributed by atoms with Crippen LogP contribution in [0.25, 0.3) is 0 Å². The van der Waals surface area contributed by atoms with Crippen molar-refractivity contribution in [1.29, 1.82) is 0 Å².